The molecular formula is C25H23ClN4O3S. The number of methoxy groups -OCH3 is 1. The van der Waals surface area contributed by atoms with Gasteiger partial charge in [-0.1, -0.05) is 17.7 Å². The Morgan fingerprint density at radius 3 is 2.82 bits per heavy atom. The van der Waals surface area contributed by atoms with Gasteiger partial charge in [0.1, 0.15) is 10.4 Å². The van der Waals surface area contributed by atoms with E-state index in [2.05, 4.69) is 5.32 Å². The molecule has 0 radical (unpaired) electrons. The molecule has 0 bridgehead atoms. The fourth-order valence-electron chi connectivity index (χ4n) is 4.25. The summed E-state index contributed by atoms with van der Waals surface area (Å²) in [6.45, 7) is 1.17. The van der Waals surface area contributed by atoms with Crippen molar-refractivity contribution in [1.82, 2.24) is 9.55 Å². The van der Waals surface area contributed by atoms with E-state index in [1.807, 2.05) is 40.6 Å². The van der Waals surface area contributed by atoms with Crippen molar-refractivity contribution in [2.24, 2.45) is 5.92 Å². The number of thiophene rings is 1. The second kappa shape index (κ2) is 9.48. The summed E-state index contributed by atoms with van der Waals surface area (Å²) in [6, 6.07) is 16.3. The molecule has 1 atom stereocenters. The quantitative estimate of drug-likeness (QED) is 0.424. The molecular weight excluding hydrogens is 472 g/mol. The van der Waals surface area contributed by atoms with Crippen molar-refractivity contribution in [2.75, 3.05) is 30.4 Å². The van der Waals surface area contributed by atoms with Crippen LogP contribution in [0.15, 0.2) is 64.8 Å². The van der Waals surface area contributed by atoms with Crippen LogP contribution < -0.4 is 20.5 Å². The van der Waals surface area contributed by atoms with E-state index >= 15 is 0 Å². The van der Waals surface area contributed by atoms with Crippen LogP contribution in [0.1, 0.15) is 12.8 Å². The summed E-state index contributed by atoms with van der Waals surface area (Å²) in [5.74, 6) is 0.894. The largest absolute Gasteiger partial charge is 0.497 e. The molecule has 2 aromatic heterocycles. The minimum absolute atomic E-state index is 0.0566. The van der Waals surface area contributed by atoms with E-state index in [1.54, 1.807) is 35.9 Å². The van der Waals surface area contributed by atoms with Crippen molar-refractivity contribution in [2.45, 2.75) is 12.8 Å². The smallest absolute Gasteiger partial charge is 0.277 e. The number of halogens is 1. The Hall–Kier alpha value is -3.36. The summed E-state index contributed by atoms with van der Waals surface area (Å²) < 4.78 is 7.60. The highest BCUT2D eigenvalue weighted by molar-refractivity contribution is 7.17. The summed E-state index contributed by atoms with van der Waals surface area (Å²) in [7, 11) is 1.60. The number of fused-ring (bicyclic) bond motifs is 1. The molecule has 0 spiro atoms. The number of aromatic nitrogens is 2. The number of amides is 1. The molecule has 3 heterocycles. The molecule has 1 N–H and O–H groups in total. The second-order valence-corrected chi connectivity index (χ2v) is 9.52. The van der Waals surface area contributed by atoms with Gasteiger partial charge in [-0.25, -0.2) is 9.55 Å². The van der Waals surface area contributed by atoms with Gasteiger partial charge in [0.25, 0.3) is 5.56 Å². The Bertz CT molecular complexity index is 1400. The van der Waals surface area contributed by atoms with E-state index in [-0.39, 0.29) is 17.4 Å². The number of nitrogens with one attached hydrogen (secondary N) is 1. The number of benzene rings is 2. The number of hydrogen-bond acceptors (Lipinski definition) is 6. The first-order chi connectivity index (χ1) is 16.5. The van der Waals surface area contributed by atoms with Crippen molar-refractivity contribution in [3.05, 3.63) is 75.4 Å². The molecule has 174 valence electrons. The molecule has 1 aliphatic rings. The summed E-state index contributed by atoms with van der Waals surface area (Å²) in [4.78, 5) is 33.4. The molecule has 0 unspecified atom stereocenters. The molecule has 1 saturated heterocycles. The van der Waals surface area contributed by atoms with E-state index < -0.39 is 0 Å². The fourth-order valence-corrected chi connectivity index (χ4v) is 5.13. The Morgan fingerprint density at radius 2 is 2.03 bits per heavy atom. The molecule has 9 heteroatoms. The lowest BCUT2D eigenvalue weighted by atomic mass is 9.97. The maximum Gasteiger partial charge on any atom is 0.277 e. The first-order valence-corrected chi connectivity index (χ1v) is 12.3. The van der Waals surface area contributed by atoms with Gasteiger partial charge in [-0.15, -0.1) is 11.3 Å². The molecule has 5 rings (SSSR count). The van der Waals surface area contributed by atoms with Gasteiger partial charge in [0.05, 0.1) is 24.2 Å². The standard InChI is InChI=1S/C25H23ClN4O3S/c1-33-20-6-2-5-19(14-20)30-24(32)22-21(11-13-34-22)28-25(30)29-12-3-4-16(15-29)23(31)27-18-9-7-17(26)8-10-18/h2,5-11,13-14,16H,3-4,12,15H2,1H3,(H,27,31)/t16-/m0/s1. The van der Waals surface area contributed by atoms with Gasteiger partial charge in [-0.3, -0.25) is 9.59 Å². The van der Waals surface area contributed by atoms with E-state index in [0.29, 0.717) is 51.4 Å². The molecule has 7 nitrogen and oxygen atoms in total. The maximum atomic E-state index is 13.5. The number of carbonyl (C=O) groups excluding carboxylic acids is 1. The van der Waals surface area contributed by atoms with Crippen molar-refractivity contribution in [1.29, 1.82) is 0 Å². The predicted octanol–water partition coefficient (Wildman–Crippen LogP) is 4.96. The predicted molar refractivity (Wildman–Crippen MR) is 137 cm³/mol. The second-order valence-electron chi connectivity index (χ2n) is 8.17. The SMILES string of the molecule is COc1cccc(-n2c(N3CCC[C@H](C(=O)Nc4ccc(Cl)cc4)C3)nc3ccsc3c2=O)c1. The summed E-state index contributed by atoms with van der Waals surface area (Å²) in [5, 5.41) is 5.47. The number of rotatable bonds is 5. The minimum Gasteiger partial charge on any atom is -0.497 e. The van der Waals surface area contributed by atoms with Gasteiger partial charge in [0, 0.05) is 29.9 Å². The Kier molecular flexibility index (Phi) is 6.26. The van der Waals surface area contributed by atoms with Crippen LogP contribution in [-0.2, 0) is 4.79 Å². The lowest BCUT2D eigenvalue weighted by Crippen LogP contribution is -2.43. The van der Waals surface area contributed by atoms with Crippen molar-refractivity contribution in [3.8, 4) is 11.4 Å². The highest BCUT2D eigenvalue weighted by Gasteiger charge is 2.29. The summed E-state index contributed by atoms with van der Waals surface area (Å²) >= 11 is 7.33. The Balaban J connectivity index is 1.50. The lowest BCUT2D eigenvalue weighted by molar-refractivity contribution is -0.120. The first kappa shape index (κ1) is 22.4. The van der Waals surface area contributed by atoms with E-state index in [4.69, 9.17) is 21.3 Å². The summed E-state index contributed by atoms with van der Waals surface area (Å²) in [5.41, 5.74) is 1.92. The van der Waals surface area contributed by atoms with Crippen molar-refractivity contribution < 1.29 is 9.53 Å². The molecule has 0 aliphatic carbocycles. The zero-order chi connectivity index (χ0) is 23.7. The average Bonchev–Trinajstić information content (AvgIpc) is 3.35. The normalized spacial score (nSPS) is 15.9. The van der Waals surface area contributed by atoms with Crippen LogP contribution in [0.25, 0.3) is 15.9 Å². The molecule has 4 aromatic rings. The van der Waals surface area contributed by atoms with Gasteiger partial charge in [0.15, 0.2) is 0 Å². The fraction of sp³-hybridized carbons (Fsp3) is 0.240. The van der Waals surface area contributed by atoms with Crippen LogP contribution in [0.3, 0.4) is 0 Å². The monoisotopic (exact) mass is 494 g/mol. The highest BCUT2D eigenvalue weighted by Crippen LogP contribution is 2.28. The van der Waals surface area contributed by atoms with Crippen LogP contribution in [0.2, 0.25) is 5.02 Å². The van der Waals surface area contributed by atoms with Crippen molar-refractivity contribution >= 4 is 50.7 Å². The molecule has 2 aromatic carbocycles. The molecule has 1 aliphatic heterocycles. The maximum absolute atomic E-state index is 13.5. The van der Waals surface area contributed by atoms with E-state index in [1.165, 1.54) is 11.3 Å². The summed E-state index contributed by atoms with van der Waals surface area (Å²) in [6.07, 6.45) is 1.58. The highest BCUT2D eigenvalue weighted by atomic mass is 35.5. The van der Waals surface area contributed by atoms with E-state index in [0.717, 1.165) is 12.8 Å². The number of nitrogens with zero attached hydrogens (tertiary/aromatic N) is 3. The first-order valence-electron chi connectivity index (χ1n) is 11.0. The Morgan fingerprint density at radius 1 is 1.21 bits per heavy atom. The van der Waals surface area contributed by atoms with Gasteiger partial charge in [-0.05, 0) is 60.7 Å². The third-order valence-corrected chi connectivity index (χ3v) is 7.10. The third-order valence-electron chi connectivity index (χ3n) is 5.96. The molecule has 34 heavy (non-hydrogen) atoms. The number of hydrogen-bond donors (Lipinski definition) is 1. The molecule has 1 amide bonds. The van der Waals surface area contributed by atoms with Crippen molar-refractivity contribution in [3.63, 3.8) is 0 Å². The average molecular weight is 495 g/mol. The number of ether oxygens (including phenoxy) is 1. The van der Waals surface area contributed by atoms with Crippen LogP contribution >= 0.6 is 22.9 Å². The zero-order valence-corrected chi connectivity index (χ0v) is 20.1. The zero-order valence-electron chi connectivity index (χ0n) is 18.5. The van der Waals surface area contributed by atoms with Crippen LogP contribution in [-0.4, -0.2) is 35.7 Å². The van der Waals surface area contributed by atoms with Gasteiger partial charge in [-0.2, -0.15) is 0 Å². The van der Waals surface area contributed by atoms with Crippen LogP contribution in [0.5, 0.6) is 5.75 Å². The molecule has 1 fully saturated rings. The minimum atomic E-state index is -0.238. The van der Waals surface area contributed by atoms with Crippen LogP contribution in [0.4, 0.5) is 11.6 Å². The topological polar surface area (TPSA) is 76.5 Å². The number of carbonyl (C=O) groups is 1. The number of piperidine rings is 1. The lowest BCUT2D eigenvalue weighted by Gasteiger charge is -2.34. The van der Waals surface area contributed by atoms with Gasteiger partial charge >= 0.3 is 0 Å². The molecule has 0 saturated carbocycles. The van der Waals surface area contributed by atoms with Gasteiger partial charge in [0.2, 0.25) is 11.9 Å². The third kappa shape index (κ3) is 4.38. The number of anilines is 2. The Labute approximate surface area is 205 Å². The van der Waals surface area contributed by atoms with Crippen LogP contribution in [0, 0.1) is 5.92 Å². The van der Waals surface area contributed by atoms with Gasteiger partial charge < -0.3 is 15.0 Å². The van der Waals surface area contributed by atoms with E-state index in [9.17, 15) is 9.59 Å².